The van der Waals surface area contributed by atoms with Crippen molar-refractivity contribution in [1.29, 1.82) is 0 Å². The fraction of sp³-hybridized carbons (Fsp3) is 0.500. The standard InChI is InChI=1S/C16H21FN2O2/c1-12-7-13(4-5-15(12)17)8-18-16(21)10-19-6-2-3-14(9-19)11-20/h4-5,7,11,14H,2-3,6,8-10H2,1H3,(H,18,21). The molecule has 0 spiro atoms. The SMILES string of the molecule is Cc1cc(CNC(=O)CN2CCCC(C=O)C2)ccc1F. The van der Waals surface area contributed by atoms with Crippen molar-refractivity contribution >= 4 is 12.2 Å². The van der Waals surface area contributed by atoms with Crippen molar-refractivity contribution in [2.75, 3.05) is 19.6 Å². The molecular formula is C16H21FN2O2. The number of aryl methyl sites for hydroxylation is 1. The van der Waals surface area contributed by atoms with Gasteiger partial charge in [0.05, 0.1) is 6.54 Å². The van der Waals surface area contributed by atoms with E-state index in [0.717, 1.165) is 31.2 Å². The van der Waals surface area contributed by atoms with E-state index in [4.69, 9.17) is 0 Å². The van der Waals surface area contributed by atoms with Gasteiger partial charge in [-0.3, -0.25) is 9.69 Å². The number of halogens is 1. The zero-order valence-corrected chi connectivity index (χ0v) is 12.3. The second-order valence-electron chi connectivity index (χ2n) is 5.63. The lowest BCUT2D eigenvalue weighted by Crippen LogP contribution is -2.42. The monoisotopic (exact) mass is 292 g/mol. The van der Waals surface area contributed by atoms with Crippen LogP contribution in [-0.4, -0.2) is 36.7 Å². The summed E-state index contributed by atoms with van der Waals surface area (Å²) < 4.78 is 13.2. The lowest BCUT2D eigenvalue weighted by atomic mass is 10.00. The highest BCUT2D eigenvalue weighted by atomic mass is 19.1. The second-order valence-corrected chi connectivity index (χ2v) is 5.63. The number of benzene rings is 1. The van der Waals surface area contributed by atoms with E-state index in [2.05, 4.69) is 5.32 Å². The third-order valence-electron chi connectivity index (χ3n) is 3.81. The van der Waals surface area contributed by atoms with Crippen LogP contribution in [0.3, 0.4) is 0 Å². The van der Waals surface area contributed by atoms with Crippen LogP contribution in [0, 0.1) is 18.7 Å². The summed E-state index contributed by atoms with van der Waals surface area (Å²) in [5.41, 5.74) is 1.46. The third-order valence-corrected chi connectivity index (χ3v) is 3.81. The molecule has 2 rings (SSSR count). The summed E-state index contributed by atoms with van der Waals surface area (Å²) in [7, 11) is 0. The quantitative estimate of drug-likeness (QED) is 0.840. The topological polar surface area (TPSA) is 49.4 Å². The molecule has 0 radical (unpaired) electrons. The minimum Gasteiger partial charge on any atom is -0.351 e. The average molecular weight is 292 g/mol. The molecule has 1 aliphatic rings. The van der Waals surface area contributed by atoms with Gasteiger partial charge >= 0.3 is 0 Å². The van der Waals surface area contributed by atoms with Crippen LogP contribution in [0.4, 0.5) is 4.39 Å². The van der Waals surface area contributed by atoms with Gasteiger partial charge in [-0.05, 0) is 43.5 Å². The highest BCUT2D eigenvalue weighted by molar-refractivity contribution is 5.78. The Labute approximate surface area is 124 Å². The Morgan fingerprint density at radius 2 is 2.33 bits per heavy atom. The molecule has 1 atom stereocenters. The van der Waals surface area contributed by atoms with Gasteiger partial charge in [0, 0.05) is 19.0 Å². The first-order valence-corrected chi connectivity index (χ1v) is 7.28. The van der Waals surface area contributed by atoms with Gasteiger partial charge in [0.2, 0.25) is 5.91 Å². The van der Waals surface area contributed by atoms with Crippen LogP contribution >= 0.6 is 0 Å². The largest absolute Gasteiger partial charge is 0.351 e. The number of piperidine rings is 1. The van der Waals surface area contributed by atoms with Crippen molar-refractivity contribution in [2.45, 2.75) is 26.3 Å². The van der Waals surface area contributed by atoms with Crippen molar-refractivity contribution in [3.8, 4) is 0 Å². The molecule has 21 heavy (non-hydrogen) atoms. The summed E-state index contributed by atoms with van der Waals surface area (Å²) in [4.78, 5) is 24.7. The van der Waals surface area contributed by atoms with Crippen LogP contribution < -0.4 is 5.32 Å². The molecule has 114 valence electrons. The van der Waals surface area contributed by atoms with Gasteiger partial charge in [0.25, 0.3) is 0 Å². The Balaban J connectivity index is 1.79. The highest BCUT2D eigenvalue weighted by Gasteiger charge is 2.20. The molecule has 0 bridgehead atoms. The van der Waals surface area contributed by atoms with Crippen molar-refractivity contribution in [1.82, 2.24) is 10.2 Å². The molecule has 1 aromatic carbocycles. The number of carbonyl (C=O) groups is 2. The number of amides is 1. The average Bonchev–Trinajstić information content (AvgIpc) is 2.48. The fourth-order valence-corrected chi connectivity index (χ4v) is 2.62. The second kappa shape index (κ2) is 7.31. The first kappa shape index (κ1) is 15.6. The Morgan fingerprint density at radius 1 is 1.52 bits per heavy atom. The van der Waals surface area contributed by atoms with Crippen molar-refractivity contribution in [3.05, 3.63) is 35.1 Å². The van der Waals surface area contributed by atoms with Gasteiger partial charge in [-0.1, -0.05) is 12.1 Å². The predicted molar refractivity (Wildman–Crippen MR) is 78.2 cm³/mol. The summed E-state index contributed by atoms with van der Waals surface area (Å²) >= 11 is 0. The number of nitrogens with zero attached hydrogens (tertiary/aromatic N) is 1. The molecule has 1 aromatic rings. The molecule has 0 aromatic heterocycles. The third kappa shape index (κ3) is 4.63. The maximum atomic E-state index is 13.2. The Bertz CT molecular complexity index is 519. The number of carbonyl (C=O) groups excluding carboxylic acids is 2. The minimum absolute atomic E-state index is 0.0475. The summed E-state index contributed by atoms with van der Waals surface area (Å²) in [5, 5.41) is 2.83. The Morgan fingerprint density at radius 3 is 3.05 bits per heavy atom. The fourth-order valence-electron chi connectivity index (χ4n) is 2.62. The van der Waals surface area contributed by atoms with Gasteiger partial charge in [-0.2, -0.15) is 0 Å². The van der Waals surface area contributed by atoms with Crippen LogP contribution in [0.15, 0.2) is 18.2 Å². The van der Waals surface area contributed by atoms with Gasteiger partial charge in [0.1, 0.15) is 12.1 Å². The molecule has 1 aliphatic heterocycles. The van der Waals surface area contributed by atoms with Crippen LogP contribution in [0.2, 0.25) is 0 Å². The Kier molecular flexibility index (Phi) is 5.44. The molecule has 0 saturated carbocycles. The smallest absolute Gasteiger partial charge is 0.234 e. The summed E-state index contributed by atoms with van der Waals surface area (Å²) in [5.74, 6) is -0.256. The highest BCUT2D eigenvalue weighted by Crippen LogP contribution is 2.14. The van der Waals surface area contributed by atoms with E-state index >= 15 is 0 Å². The molecule has 1 saturated heterocycles. The molecule has 0 aliphatic carbocycles. The maximum absolute atomic E-state index is 13.2. The first-order chi connectivity index (χ1) is 10.1. The molecule has 5 heteroatoms. The first-order valence-electron chi connectivity index (χ1n) is 7.28. The summed E-state index contributed by atoms with van der Waals surface area (Å²) in [6, 6.07) is 4.82. The van der Waals surface area contributed by atoms with E-state index in [1.807, 2.05) is 4.90 Å². The van der Waals surface area contributed by atoms with E-state index < -0.39 is 0 Å². The molecule has 1 unspecified atom stereocenters. The van der Waals surface area contributed by atoms with Crippen LogP contribution in [0.5, 0.6) is 0 Å². The van der Waals surface area contributed by atoms with E-state index in [9.17, 15) is 14.0 Å². The maximum Gasteiger partial charge on any atom is 0.234 e. The van der Waals surface area contributed by atoms with Gasteiger partial charge < -0.3 is 10.1 Å². The minimum atomic E-state index is -0.238. The zero-order valence-electron chi connectivity index (χ0n) is 12.3. The molecule has 1 fully saturated rings. The van der Waals surface area contributed by atoms with Crippen molar-refractivity contribution < 1.29 is 14.0 Å². The van der Waals surface area contributed by atoms with Crippen LogP contribution in [0.25, 0.3) is 0 Å². The van der Waals surface area contributed by atoms with Crippen LogP contribution in [0.1, 0.15) is 24.0 Å². The van der Waals surface area contributed by atoms with Gasteiger partial charge in [0.15, 0.2) is 0 Å². The normalized spacial score (nSPS) is 19.2. The van der Waals surface area contributed by atoms with Crippen molar-refractivity contribution in [3.63, 3.8) is 0 Å². The van der Waals surface area contributed by atoms with E-state index in [0.29, 0.717) is 25.2 Å². The van der Waals surface area contributed by atoms with Crippen LogP contribution in [-0.2, 0) is 16.1 Å². The molecule has 1 N–H and O–H groups in total. The van der Waals surface area contributed by atoms with Gasteiger partial charge in [-0.15, -0.1) is 0 Å². The number of rotatable bonds is 5. The van der Waals surface area contributed by atoms with Crippen molar-refractivity contribution in [2.24, 2.45) is 5.92 Å². The van der Waals surface area contributed by atoms with Gasteiger partial charge in [-0.25, -0.2) is 4.39 Å². The van der Waals surface area contributed by atoms with E-state index in [-0.39, 0.29) is 17.6 Å². The number of hydrogen-bond donors (Lipinski definition) is 1. The number of likely N-dealkylation sites (tertiary alicyclic amines) is 1. The number of nitrogens with one attached hydrogen (secondary N) is 1. The molecule has 1 heterocycles. The Hall–Kier alpha value is -1.75. The lowest BCUT2D eigenvalue weighted by Gasteiger charge is -2.29. The molecule has 4 nitrogen and oxygen atoms in total. The zero-order chi connectivity index (χ0) is 15.2. The predicted octanol–water partition coefficient (Wildman–Crippen LogP) is 1.66. The van der Waals surface area contributed by atoms with E-state index in [1.54, 1.807) is 19.1 Å². The lowest BCUT2D eigenvalue weighted by molar-refractivity contribution is -0.123. The summed E-state index contributed by atoms with van der Waals surface area (Å²) in [6.45, 7) is 3.92. The molecular weight excluding hydrogens is 271 g/mol. The summed E-state index contributed by atoms with van der Waals surface area (Å²) in [6.07, 6.45) is 2.84. The number of aldehydes is 1. The number of hydrogen-bond acceptors (Lipinski definition) is 3. The molecule has 1 amide bonds. The van der Waals surface area contributed by atoms with E-state index in [1.165, 1.54) is 6.07 Å².